The van der Waals surface area contributed by atoms with Crippen LogP contribution in [0.2, 0.25) is 0 Å². The van der Waals surface area contributed by atoms with Gasteiger partial charge in [0.2, 0.25) is 11.7 Å². The lowest BCUT2D eigenvalue weighted by Crippen LogP contribution is -2.55. The van der Waals surface area contributed by atoms with Crippen molar-refractivity contribution >= 4 is 21.9 Å². The molecule has 1 aromatic heterocycles. The molecule has 6 rings (SSSR count). The number of fused-ring (bicyclic) bond motifs is 6. The first-order valence-electron chi connectivity index (χ1n) is 10.4. The Morgan fingerprint density at radius 2 is 2.00 bits per heavy atom. The van der Waals surface area contributed by atoms with E-state index in [-0.39, 0.29) is 46.0 Å². The normalized spacial score (nSPS) is 30.2. The molecule has 3 aromatic rings. The van der Waals surface area contributed by atoms with Gasteiger partial charge in [0.1, 0.15) is 57.5 Å². The van der Waals surface area contributed by atoms with Gasteiger partial charge in [-0.05, 0) is 18.2 Å². The van der Waals surface area contributed by atoms with Crippen LogP contribution in [0.1, 0.15) is 11.5 Å². The minimum atomic E-state index is -1.44. The van der Waals surface area contributed by atoms with Crippen molar-refractivity contribution in [2.24, 2.45) is 0 Å². The maximum atomic E-state index is 13.5. The van der Waals surface area contributed by atoms with Crippen molar-refractivity contribution in [2.75, 3.05) is 13.7 Å². The van der Waals surface area contributed by atoms with Crippen LogP contribution in [0.25, 0.3) is 21.9 Å². The first-order valence-corrected chi connectivity index (χ1v) is 10.4. The van der Waals surface area contributed by atoms with E-state index in [0.717, 1.165) is 0 Å². The van der Waals surface area contributed by atoms with E-state index in [1.165, 1.54) is 25.5 Å². The van der Waals surface area contributed by atoms with Gasteiger partial charge in [0.05, 0.1) is 24.4 Å². The minimum absolute atomic E-state index is 0.00641. The largest absolute Gasteiger partial charge is 0.507 e. The lowest BCUT2D eigenvalue weighted by molar-refractivity contribution is -0.246. The quantitative estimate of drug-likeness (QED) is 0.497. The van der Waals surface area contributed by atoms with Crippen LogP contribution in [-0.4, -0.2) is 59.9 Å². The SMILES string of the molecule is CO[C@H]1CO[C@H](Oc2cc3c(c4oc5cccc(O)c5c(=O)c24)[C@@H]2C=CO[C@@H]2O3)[C@H](O)[C@H]1O. The Morgan fingerprint density at radius 1 is 1.15 bits per heavy atom. The molecule has 3 aliphatic heterocycles. The molecule has 2 aromatic carbocycles. The molecule has 0 amide bonds. The number of phenolic OH excluding ortho intramolecular Hbond substituents is 1. The van der Waals surface area contributed by atoms with Gasteiger partial charge >= 0.3 is 0 Å². The van der Waals surface area contributed by atoms with Gasteiger partial charge < -0.3 is 43.4 Å². The number of methoxy groups -OCH3 is 1. The zero-order valence-corrected chi connectivity index (χ0v) is 17.3. The Balaban J connectivity index is 1.55. The molecule has 0 aliphatic carbocycles. The van der Waals surface area contributed by atoms with Gasteiger partial charge in [-0.1, -0.05) is 6.07 Å². The Bertz CT molecular complexity index is 1340. The van der Waals surface area contributed by atoms with Crippen LogP contribution in [0.3, 0.4) is 0 Å². The Kier molecular flexibility index (Phi) is 4.53. The minimum Gasteiger partial charge on any atom is -0.507 e. The summed E-state index contributed by atoms with van der Waals surface area (Å²) in [7, 11) is 1.40. The predicted octanol–water partition coefficient (Wildman–Crippen LogP) is 1.47. The average Bonchev–Trinajstić information content (AvgIpc) is 3.38. The fraction of sp³-hybridized carbons (Fsp3) is 0.348. The van der Waals surface area contributed by atoms with Crippen molar-refractivity contribution in [3.8, 4) is 17.2 Å². The number of rotatable bonds is 3. The molecule has 1 saturated heterocycles. The van der Waals surface area contributed by atoms with E-state index in [1.807, 2.05) is 0 Å². The maximum absolute atomic E-state index is 13.5. The van der Waals surface area contributed by atoms with E-state index in [4.69, 9.17) is 28.1 Å². The van der Waals surface area contributed by atoms with Gasteiger partial charge in [-0.3, -0.25) is 4.79 Å². The number of benzene rings is 2. The topological polar surface area (TPSA) is 137 Å². The number of aliphatic hydroxyl groups excluding tert-OH is 2. The highest BCUT2D eigenvalue weighted by atomic mass is 16.7. The molecular weight excluding hydrogens is 436 g/mol. The number of hydrogen-bond acceptors (Lipinski definition) is 10. The summed E-state index contributed by atoms with van der Waals surface area (Å²) in [6.45, 7) is -0.0279. The molecule has 3 aliphatic rings. The molecule has 33 heavy (non-hydrogen) atoms. The number of aliphatic hydroxyl groups is 2. The summed E-state index contributed by atoms with van der Waals surface area (Å²) >= 11 is 0. The third kappa shape index (κ3) is 2.92. The van der Waals surface area contributed by atoms with Crippen LogP contribution in [-0.2, 0) is 14.2 Å². The van der Waals surface area contributed by atoms with E-state index in [1.54, 1.807) is 18.2 Å². The van der Waals surface area contributed by atoms with Gasteiger partial charge in [-0.2, -0.15) is 0 Å². The van der Waals surface area contributed by atoms with Gasteiger partial charge in [-0.15, -0.1) is 0 Å². The van der Waals surface area contributed by atoms with Crippen molar-refractivity contribution in [3.05, 3.63) is 52.4 Å². The van der Waals surface area contributed by atoms with Gasteiger partial charge in [0, 0.05) is 13.2 Å². The Morgan fingerprint density at radius 3 is 2.82 bits per heavy atom. The Hall–Kier alpha value is -3.31. The van der Waals surface area contributed by atoms with Crippen molar-refractivity contribution in [3.63, 3.8) is 0 Å². The smallest absolute Gasteiger partial charge is 0.250 e. The van der Waals surface area contributed by atoms with Crippen molar-refractivity contribution in [1.29, 1.82) is 0 Å². The lowest BCUT2D eigenvalue weighted by atomic mass is 9.97. The van der Waals surface area contributed by atoms with Gasteiger partial charge in [-0.25, -0.2) is 0 Å². The fourth-order valence-electron chi connectivity index (χ4n) is 4.57. The molecule has 4 heterocycles. The molecule has 1 fully saturated rings. The molecule has 10 nitrogen and oxygen atoms in total. The molecule has 10 heteroatoms. The highest BCUT2D eigenvalue weighted by Gasteiger charge is 2.43. The standard InChI is InChI=1S/C23H20O10/c1-28-14-8-30-23(20(27)18(14)25)33-13-7-12-15(9-5-6-29-22(9)32-12)21-17(13)19(26)16-10(24)3-2-4-11(16)31-21/h2-7,9,14,18,20,22-25,27H,8H2,1H3/t9-,14-,18-,20+,22+,23+/m0/s1. The molecule has 0 radical (unpaired) electrons. The molecule has 0 spiro atoms. The summed E-state index contributed by atoms with van der Waals surface area (Å²) in [5, 5.41) is 31.2. The summed E-state index contributed by atoms with van der Waals surface area (Å²) in [6, 6.07) is 6.05. The van der Waals surface area contributed by atoms with E-state index in [0.29, 0.717) is 11.3 Å². The third-order valence-electron chi connectivity index (χ3n) is 6.26. The summed E-state index contributed by atoms with van der Waals surface area (Å²) in [6.07, 6.45) is -2.00. The van der Waals surface area contributed by atoms with Crippen LogP contribution < -0.4 is 14.9 Å². The number of aromatic hydroxyl groups is 1. The zero-order chi connectivity index (χ0) is 22.9. The Labute approximate surface area is 186 Å². The monoisotopic (exact) mass is 456 g/mol. The third-order valence-corrected chi connectivity index (χ3v) is 6.26. The molecule has 3 N–H and O–H groups in total. The number of phenols is 1. The van der Waals surface area contributed by atoms with Gasteiger partial charge in [0.25, 0.3) is 6.29 Å². The summed E-state index contributed by atoms with van der Waals surface area (Å²) < 4.78 is 34.0. The molecule has 0 bridgehead atoms. The van der Waals surface area contributed by atoms with Crippen LogP contribution in [0.15, 0.2) is 45.8 Å². The fourth-order valence-corrected chi connectivity index (χ4v) is 4.57. The first-order chi connectivity index (χ1) is 16.0. The van der Waals surface area contributed by atoms with Crippen LogP contribution in [0, 0.1) is 0 Å². The zero-order valence-electron chi connectivity index (χ0n) is 17.3. The predicted molar refractivity (Wildman–Crippen MR) is 112 cm³/mol. The second-order valence-corrected chi connectivity index (χ2v) is 8.12. The van der Waals surface area contributed by atoms with Crippen LogP contribution >= 0.6 is 0 Å². The second-order valence-electron chi connectivity index (χ2n) is 8.12. The second kappa shape index (κ2) is 7.35. The highest BCUT2D eigenvalue weighted by Crippen LogP contribution is 2.49. The molecule has 0 saturated carbocycles. The van der Waals surface area contributed by atoms with E-state index in [2.05, 4.69) is 0 Å². The molecule has 0 unspecified atom stereocenters. The molecule has 6 atom stereocenters. The van der Waals surface area contributed by atoms with Crippen molar-refractivity contribution < 1.29 is 43.4 Å². The van der Waals surface area contributed by atoms with Crippen molar-refractivity contribution in [2.45, 2.75) is 36.8 Å². The number of ether oxygens (including phenoxy) is 5. The van der Waals surface area contributed by atoms with E-state index < -0.39 is 36.3 Å². The number of hydrogen-bond donors (Lipinski definition) is 3. The van der Waals surface area contributed by atoms with Crippen LogP contribution in [0.4, 0.5) is 0 Å². The summed E-state index contributed by atoms with van der Waals surface area (Å²) in [5.41, 5.74) is 0.511. The first kappa shape index (κ1) is 20.3. The van der Waals surface area contributed by atoms with E-state index >= 15 is 0 Å². The lowest BCUT2D eigenvalue weighted by Gasteiger charge is -2.36. The summed E-state index contributed by atoms with van der Waals surface area (Å²) in [5.74, 6) is -0.130. The van der Waals surface area contributed by atoms with Gasteiger partial charge in [0.15, 0.2) is 0 Å². The maximum Gasteiger partial charge on any atom is 0.250 e. The van der Waals surface area contributed by atoms with Crippen molar-refractivity contribution in [1.82, 2.24) is 0 Å². The molecular formula is C23H20O10. The van der Waals surface area contributed by atoms with Crippen LogP contribution in [0.5, 0.6) is 17.2 Å². The summed E-state index contributed by atoms with van der Waals surface area (Å²) in [4.78, 5) is 13.5. The molecule has 172 valence electrons. The van der Waals surface area contributed by atoms with E-state index in [9.17, 15) is 20.1 Å². The average molecular weight is 456 g/mol. The highest BCUT2D eigenvalue weighted by molar-refractivity contribution is 5.98.